The summed E-state index contributed by atoms with van der Waals surface area (Å²) >= 11 is 3.48. The summed E-state index contributed by atoms with van der Waals surface area (Å²) in [6.45, 7) is 3.94. The number of fused-ring (bicyclic) bond motifs is 3. The van der Waals surface area contributed by atoms with E-state index in [2.05, 4.69) is 25.9 Å². The second-order valence-electron chi connectivity index (χ2n) is 5.32. The molecule has 24 heavy (non-hydrogen) atoms. The van der Waals surface area contributed by atoms with Gasteiger partial charge in [0, 0.05) is 23.4 Å². The highest BCUT2D eigenvalue weighted by Gasteiger charge is 2.31. The van der Waals surface area contributed by atoms with Crippen LogP contribution in [0.3, 0.4) is 0 Å². The van der Waals surface area contributed by atoms with Crippen LogP contribution in [-0.4, -0.2) is 29.7 Å². The van der Waals surface area contributed by atoms with E-state index in [1.54, 1.807) is 26.3 Å². The average molecular weight is 393 g/mol. The second-order valence-corrected chi connectivity index (χ2v) is 6.17. The minimum atomic E-state index is -0.488. The van der Waals surface area contributed by atoms with Crippen molar-refractivity contribution in [3.8, 4) is 22.8 Å². The molecule has 0 saturated carbocycles. The highest BCUT2D eigenvalue weighted by molar-refractivity contribution is 9.10. The Balaban J connectivity index is 2.08. The van der Waals surface area contributed by atoms with E-state index in [1.165, 1.54) is 0 Å². The van der Waals surface area contributed by atoms with Gasteiger partial charge in [-0.3, -0.25) is 4.79 Å². The topological polar surface area (TPSA) is 70.5 Å². The minimum absolute atomic E-state index is 0.102. The molecule has 0 saturated heterocycles. The molecule has 0 amide bonds. The Hall–Kier alpha value is -2.15. The van der Waals surface area contributed by atoms with Gasteiger partial charge in [0.25, 0.3) is 0 Å². The molecule has 0 fully saturated rings. The third-order valence-electron chi connectivity index (χ3n) is 3.72. The van der Waals surface area contributed by atoms with Crippen LogP contribution < -0.4 is 9.47 Å². The van der Waals surface area contributed by atoms with Gasteiger partial charge in [-0.05, 0) is 35.8 Å². The number of benzene rings is 1. The van der Waals surface area contributed by atoms with E-state index in [0.29, 0.717) is 23.9 Å². The van der Waals surface area contributed by atoms with Gasteiger partial charge in [-0.15, -0.1) is 0 Å². The Morgan fingerprint density at radius 1 is 1.42 bits per heavy atom. The second kappa shape index (κ2) is 6.76. The van der Waals surface area contributed by atoms with Crippen LogP contribution in [0.5, 0.6) is 11.5 Å². The average Bonchev–Trinajstić information content (AvgIpc) is 2.55. The van der Waals surface area contributed by atoms with Crippen molar-refractivity contribution < 1.29 is 19.0 Å². The smallest absolute Gasteiger partial charge is 0.309 e. The van der Waals surface area contributed by atoms with E-state index in [1.807, 2.05) is 13.0 Å². The van der Waals surface area contributed by atoms with E-state index in [0.717, 1.165) is 21.3 Å². The number of aryl methyl sites for hydroxylation is 1. The molecule has 2 heterocycles. The summed E-state index contributed by atoms with van der Waals surface area (Å²) in [6.07, 6.45) is 1.33. The third kappa shape index (κ3) is 3.08. The maximum Gasteiger partial charge on any atom is 0.309 e. The monoisotopic (exact) mass is 392 g/mol. The van der Waals surface area contributed by atoms with Gasteiger partial charge in [-0.2, -0.15) is 0 Å². The number of methoxy groups -OCH3 is 1. The van der Waals surface area contributed by atoms with Crippen LogP contribution in [0.25, 0.3) is 11.3 Å². The molecule has 0 N–H and O–H groups in total. The molecule has 1 unspecified atom stereocenters. The molecule has 7 heteroatoms. The number of carbonyl (C=O) groups excluding carboxylic acids is 1. The molecule has 0 radical (unpaired) electrons. The Bertz CT molecular complexity index is 794. The normalized spacial score (nSPS) is 15.1. The highest BCUT2D eigenvalue weighted by atomic mass is 79.9. The summed E-state index contributed by atoms with van der Waals surface area (Å²) in [5, 5.41) is 0. The number of nitrogens with zero attached hydrogens (tertiary/aromatic N) is 2. The fourth-order valence-corrected chi connectivity index (χ4v) is 3.15. The predicted molar refractivity (Wildman–Crippen MR) is 91.1 cm³/mol. The predicted octanol–water partition coefficient (Wildman–Crippen LogP) is 3.61. The summed E-state index contributed by atoms with van der Waals surface area (Å²) in [4.78, 5) is 20.7. The molecule has 0 bridgehead atoms. The number of rotatable bonds is 4. The first-order chi connectivity index (χ1) is 11.5. The Kier molecular flexibility index (Phi) is 4.71. The Labute approximate surface area is 148 Å². The first kappa shape index (κ1) is 16.7. The van der Waals surface area contributed by atoms with Crippen molar-refractivity contribution in [3.63, 3.8) is 0 Å². The lowest BCUT2D eigenvalue weighted by Crippen LogP contribution is -2.20. The maximum absolute atomic E-state index is 11.9. The number of aromatic nitrogens is 2. The van der Waals surface area contributed by atoms with Crippen molar-refractivity contribution in [3.05, 3.63) is 34.2 Å². The van der Waals surface area contributed by atoms with Crippen LogP contribution in [0.1, 0.15) is 30.8 Å². The number of halogens is 1. The molecule has 2 aromatic rings. The van der Waals surface area contributed by atoms with E-state index < -0.39 is 6.10 Å². The summed E-state index contributed by atoms with van der Waals surface area (Å²) in [7, 11) is 1.59. The van der Waals surface area contributed by atoms with Crippen molar-refractivity contribution >= 4 is 21.9 Å². The highest BCUT2D eigenvalue weighted by Crippen LogP contribution is 2.46. The number of esters is 1. The number of ether oxygens (including phenoxy) is 3. The SMILES string of the molecule is CCOC(=O)CC1Oc2cc(OC)c(Br)cc2-c2nc(C)ncc21. The van der Waals surface area contributed by atoms with Crippen molar-refractivity contribution in [2.45, 2.75) is 26.4 Å². The van der Waals surface area contributed by atoms with Gasteiger partial charge >= 0.3 is 5.97 Å². The first-order valence-electron chi connectivity index (χ1n) is 7.57. The van der Waals surface area contributed by atoms with Crippen LogP contribution in [0, 0.1) is 6.92 Å². The zero-order chi connectivity index (χ0) is 17.3. The molecule has 6 nitrogen and oxygen atoms in total. The van der Waals surface area contributed by atoms with Crippen molar-refractivity contribution in [2.75, 3.05) is 13.7 Å². The molecule has 3 rings (SSSR count). The molecular formula is C17H17BrN2O4. The Morgan fingerprint density at radius 3 is 2.92 bits per heavy atom. The fourth-order valence-electron chi connectivity index (χ4n) is 2.64. The van der Waals surface area contributed by atoms with E-state index >= 15 is 0 Å². The number of carbonyl (C=O) groups is 1. The lowest BCUT2D eigenvalue weighted by Gasteiger charge is -2.28. The van der Waals surface area contributed by atoms with Gasteiger partial charge in [0.2, 0.25) is 0 Å². The molecule has 1 aliphatic rings. The van der Waals surface area contributed by atoms with Crippen molar-refractivity contribution in [2.24, 2.45) is 0 Å². The Morgan fingerprint density at radius 2 is 2.21 bits per heavy atom. The maximum atomic E-state index is 11.9. The molecule has 1 aliphatic heterocycles. The summed E-state index contributed by atoms with van der Waals surface area (Å²) < 4.78 is 17.2. The molecule has 0 spiro atoms. The quantitative estimate of drug-likeness (QED) is 0.740. The van der Waals surface area contributed by atoms with Crippen molar-refractivity contribution in [1.29, 1.82) is 0 Å². The zero-order valence-electron chi connectivity index (χ0n) is 13.6. The van der Waals surface area contributed by atoms with E-state index in [4.69, 9.17) is 14.2 Å². The molecule has 126 valence electrons. The summed E-state index contributed by atoms with van der Waals surface area (Å²) in [6, 6.07) is 3.69. The summed E-state index contributed by atoms with van der Waals surface area (Å²) in [5.41, 5.74) is 2.38. The van der Waals surface area contributed by atoms with Gasteiger partial charge in [0.05, 0.1) is 30.3 Å². The molecule has 1 aromatic carbocycles. The number of hydrogen-bond acceptors (Lipinski definition) is 6. The van der Waals surface area contributed by atoms with Gasteiger partial charge in [-0.1, -0.05) is 0 Å². The molecular weight excluding hydrogens is 376 g/mol. The number of hydrogen-bond donors (Lipinski definition) is 0. The molecule has 1 atom stereocenters. The fraction of sp³-hybridized carbons (Fsp3) is 0.353. The van der Waals surface area contributed by atoms with Gasteiger partial charge in [-0.25, -0.2) is 9.97 Å². The molecule has 1 aromatic heterocycles. The first-order valence-corrected chi connectivity index (χ1v) is 8.36. The largest absolute Gasteiger partial charge is 0.495 e. The van der Waals surface area contributed by atoms with Crippen LogP contribution in [0.15, 0.2) is 22.8 Å². The van der Waals surface area contributed by atoms with Crippen molar-refractivity contribution in [1.82, 2.24) is 9.97 Å². The van der Waals surface area contributed by atoms with Crippen LogP contribution in [0.4, 0.5) is 0 Å². The van der Waals surface area contributed by atoms with Gasteiger partial charge < -0.3 is 14.2 Å². The summed E-state index contributed by atoms with van der Waals surface area (Å²) in [5.74, 6) is 1.61. The lowest BCUT2D eigenvalue weighted by molar-refractivity contribution is -0.145. The molecule has 0 aliphatic carbocycles. The van der Waals surface area contributed by atoms with Crippen LogP contribution in [-0.2, 0) is 9.53 Å². The van der Waals surface area contributed by atoms with Crippen LogP contribution in [0.2, 0.25) is 0 Å². The standard InChI is InChI=1S/C17H17BrN2O4/c1-4-23-16(21)7-14-11-8-19-9(2)20-17(11)10-5-12(18)15(22-3)6-13(10)24-14/h5-6,8,14H,4,7H2,1-3H3. The third-order valence-corrected chi connectivity index (χ3v) is 4.34. The van der Waals surface area contributed by atoms with Gasteiger partial charge in [0.15, 0.2) is 0 Å². The minimum Gasteiger partial charge on any atom is -0.495 e. The van der Waals surface area contributed by atoms with E-state index in [-0.39, 0.29) is 12.4 Å². The lowest BCUT2D eigenvalue weighted by atomic mass is 9.97. The van der Waals surface area contributed by atoms with E-state index in [9.17, 15) is 4.79 Å². The zero-order valence-corrected chi connectivity index (χ0v) is 15.2. The van der Waals surface area contributed by atoms with Gasteiger partial charge in [0.1, 0.15) is 23.4 Å². The van der Waals surface area contributed by atoms with Crippen LogP contribution >= 0.6 is 15.9 Å².